The highest BCUT2D eigenvalue weighted by molar-refractivity contribution is 6.33. The second-order valence-corrected chi connectivity index (χ2v) is 6.84. The van der Waals surface area contributed by atoms with Gasteiger partial charge in [0.2, 0.25) is 0 Å². The molecule has 5 nitrogen and oxygen atoms in total. The molecule has 0 saturated heterocycles. The van der Waals surface area contributed by atoms with Crippen LogP contribution in [0.4, 0.5) is 0 Å². The normalized spacial score (nSPS) is 11.0. The van der Waals surface area contributed by atoms with Crippen LogP contribution >= 0.6 is 11.6 Å². The van der Waals surface area contributed by atoms with Crippen molar-refractivity contribution in [2.24, 2.45) is 0 Å². The fourth-order valence-corrected chi connectivity index (χ4v) is 3.46. The fourth-order valence-electron chi connectivity index (χ4n) is 3.12. The topological polar surface area (TPSA) is 68.0 Å². The monoisotopic (exact) mass is 377 g/mol. The van der Waals surface area contributed by atoms with Crippen molar-refractivity contribution in [3.63, 3.8) is 0 Å². The highest BCUT2D eigenvalue weighted by Gasteiger charge is 2.16. The van der Waals surface area contributed by atoms with Crippen molar-refractivity contribution in [1.82, 2.24) is 14.8 Å². The summed E-state index contributed by atoms with van der Waals surface area (Å²) in [5, 5.41) is 15.4. The molecule has 0 aliphatic carbocycles. The van der Waals surface area contributed by atoms with E-state index in [2.05, 4.69) is 10.1 Å². The zero-order chi connectivity index (χ0) is 19.0. The summed E-state index contributed by atoms with van der Waals surface area (Å²) in [5.74, 6) is -0.994. The number of rotatable bonds is 4. The lowest BCUT2D eigenvalue weighted by Gasteiger charge is -2.07. The van der Waals surface area contributed by atoms with Gasteiger partial charge in [0.05, 0.1) is 17.6 Å². The zero-order valence-corrected chi connectivity index (χ0v) is 15.3. The summed E-state index contributed by atoms with van der Waals surface area (Å²) in [4.78, 5) is 15.9. The number of fused-ring (bicyclic) bond motifs is 1. The Labute approximate surface area is 160 Å². The van der Waals surface area contributed by atoms with Crippen LogP contribution in [0, 0.1) is 6.92 Å². The van der Waals surface area contributed by atoms with Gasteiger partial charge < -0.3 is 5.11 Å². The van der Waals surface area contributed by atoms with E-state index < -0.39 is 5.97 Å². The summed E-state index contributed by atoms with van der Waals surface area (Å²) in [6, 6.07) is 13.1. The Balaban J connectivity index is 1.84. The minimum Gasteiger partial charge on any atom is -0.478 e. The lowest BCUT2D eigenvalue weighted by atomic mass is 9.99. The summed E-state index contributed by atoms with van der Waals surface area (Å²) < 4.78 is 1.73. The molecule has 0 saturated carbocycles. The number of benzene rings is 2. The van der Waals surface area contributed by atoms with Gasteiger partial charge in [-0.05, 0) is 47.9 Å². The van der Waals surface area contributed by atoms with Gasteiger partial charge in [0, 0.05) is 34.6 Å². The Hall–Kier alpha value is -3.18. The number of carbonyl (C=O) groups is 1. The highest BCUT2D eigenvalue weighted by Crippen LogP contribution is 2.32. The first-order chi connectivity index (χ1) is 13.0. The summed E-state index contributed by atoms with van der Waals surface area (Å²) in [7, 11) is 0. The molecule has 134 valence electrons. The molecule has 0 spiro atoms. The zero-order valence-electron chi connectivity index (χ0n) is 14.6. The van der Waals surface area contributed by atoms with Gasteiger partial charge in [0.25, 0.3) is 0 Å². The summed E-state index contributed by atoms with van der Waals surface area (Å²) in [6.45, 7) is 2.48. The molecule has 2 aromatic heterocycles. The quantitative estimate of drug-likeness (QED) is 0.554. The maximum absolute atomic E-state index is 11.8. The number of aromatic nitrogens is 3. The number of nitrogens with zero attached hydrogens (tertiary/aromatic N) is 3. The van der Waals surface area contributed by atoms with Crippen molar-refractivity contribution in [2.45, 2.75) is 13.5 Å². The molecule has 4 aromatic rings. The minimum atomic E-state index is -0.994. The standard InChI is InChI=1S/C21H16ClN3O2/c1-13-4-5-16(19(22)7-13)15-8-17(21(26)27)18-12-25(24-20(18)9-15)11-14-3-2-6-23-10-14/h2-10,12H,11H2,1H3,(H,26,27). The van der Waals surface area contributed by atoms with Gasteiger partial charge in [-0.15, -0.1) is 0 Å². The number of aryl methyl sites for hydroxylation is 1. The fraction of sp³-hybridized carbons (Fsp3) is 0.0952. The van der Waals surface area contributed by atoms with Crippen molar-refractivity contribution in [2.75, 3.05) is 0 Å². The molecule has 0 fully saturated rings. The van der Waals surface area contributed by atoms with Crippen molar-refractivity contribution in [3.8, 4) is 11.1 Å². The first-order valence-corrected chi connectivity index (χ1v) is 8.79. The Bertz CT molecular complexity index is 1150. The number of pyridine rings is 1. The van der Waals surface area contributed by atoms with Crippen LogP contribution < -0.4 is 0 Å². The molecule has 0 atom stereocenters. The SMILES string of the molecule is Cc1ccc(-c2cc(C(=O)O)c3cn(Cc4cccnc4)nc3c2)c(Cl)c1. The number of hydrogen-bond donors (Lipinski definition) is 1. The second kappa shape index (κ2) is 6.85. The molecule has 0 aliphatic rings. The molecule has 0 aliphatic heterocycles. The predicted molar refractivity (Wildman–Crippen MR) is 105 cm³/mol. The Morgan fingerprint density at radius 1 is 1.22 bits per heavy atom. The van der Waals surface area contributed by atoms with Crippen LogP contribution in [0.25, 0.3) is 22.0 Å². The van der Waals surface area contributed by atoms with E-state index >= 15 is 0 Å². The van der Waals surface area contributed by atoms with Gasteiger partial charge in [-0.3, -0.25) is 9.67 Å². The number of halogens is 1. The Kier molecular flexibility index (Phi) is 4.38. The number of carboxylic acid groups (broad SMARTS) is 1. The maximum Gasteiger partial charge on any atom is 0.336 e. The molecular weight excluding hydrogens is 362 g/mol. The van der Waals surface area contributed by atoms with Crippen LogP contribution in [-0.4, -0.2) is 25.8 Å². The van der Waals surface area contributed by atoms with E-state index in [-0.39, 0.29) is 5.56 Å². The molecular formula is C21H16ClN3O2. The third-order valence-electron chi connectivity index (χ3n) is 4.41. The van der Waals surface area contributed by atoms with E-state index in [1.54, 1.807) is 29.3 Å². The van der Waals surface area contributed by atoms with E-state index in [9.17, 15) is 9.90 Å². The molecule has 0 bridgehead atoms. The largest absolute Gasteiger partial charge is 0.478 e. The van der Waals surface area contributed by atoms with E-state index in [4.69, 9.17) is 11.6 Å². The molecule has 0 unspecified atom stereocenters. The van der Waals surface area contributed by atoms with Crippen LogP contribution in [0.2, 0.25) is 5.02 Å². The van der Waals surface area contributed by atoms with Crippen LogP contribution in [0.3, 0.4) is 0 Å². The number of aromatic carboxylic acids is 1. The molecule has 4 rings (SSSR count). The Morgan fingerprint density at radius 2 is 2.07 bits per heavy atom. The van der Waals surface area contributed by atoms with E-state index in [0.717, 1.165) is 22.3 Å². The molecule has 27 heavy (non-hydrogen) atoms. The van der Waals surface area contributed by atoms with Gasteiger partial charge in [-0.25, -0.2) is 4.79 Å². The summed E-state index contributed by atoms with van der Waals surface area (Å²) in [5.41, 5.74) is 4.38. The molecule has 6 heteroatoms. The average Bonchev–Trinajstić information content (AvgIpc) is 3.03. The first kappa shape index (κ1) is 17.2. The molecule has 2 aromatic carbocycles. The minimum absolute atomic E-state index is 0.205. The smallest absolute Gasteiger partial charge is 0.336 e. The molecule has 2 heterocycles. The van der Waals surface area contributed by atoms with Gasteiger partial charge in [0.1, 0.15) is 0 Å². The van der Waals surface area contributed by atoms with Gasteiger partial charge >= 0.3 is 5.97 Å². The van der Waals surface area contributed by atoms with Crippen molar-refractivity contribution < 1.29 is 9.90 Å². The first-order valence-electron chi connectivity index (χ1n) is 8.41. The van der Waals surface area contributed by atoms with Crippen molar-refractivity contribution in [3.05, 3.63) is 82.8 Å². The van der Waals surface area contributed by atoms with Gasteiger partial charge in [-0.1, -0.05) is 29.8 Å². The van der Waals surface area contributed by atoms with E-state index in [1.807, 2.05) is 43.3 Å². The molecule has 1 N–H and O–H groups in total. The lowest BCUT2D eigenvalue weighted by molar-refractivity contribution is 0.0699. The number of hydrogen-bond acceptors (Lipinski definition) is 3. The van der Waals surface area contributed by atoms with Crippen molar-refractivity contribution >= 4 is 28.5 Å². The highest BCUT2D eigenvalue weighted by atomic mass is 35.5. The van der Waals surface area contributed by atoms with Gasteiger partial charge in [0.15, 0.2) is 0 Å². The summed E-state index contributed by atoms with van der Waals surface area (Å²) >= 11 is 6.38. The predicted octanol–water partition coefficient (Wildman–Crippen LogP) is 4.81. The van der Waals surface area contributed by atoms with Gasteiger partial charge in [-0.2, -0.15) is 5.10 Å². The third-order valence-corrected chi connectivity index (χ3v) is 4.72. The summed E-state index contributed by atoms with van der Waals surface area (Å²) in [6.07, 6.45) is 5.23. The van der Waals surface area contributed by atoms with Crippen LogP contribution in [-0.2, 0) is 6.54 Å². The van der Waals surface area contributed by atoms with Crippen LogP contribution in [0.15, 0.2) is 61.1 Å². The average molecular weight is 378 g/mol. The maximum atomic E-state index is 11.8. The Morgan fingerprint density at radius 3 is 2.78 bits per heavy atom. The lowest BCUT2D eigenvalue weighted by Crippen LogP contribution is -2.00. The van der Waals surface area contributed by atoms with Crippen LogP contribution in [0.1, 0.15) is 21.5 Å². The molecule has 0 radical (unpaired) electrons. The van der Waals surface area contributed by atoms with Crippen molar-refractivity contribution in [1.29, 1.82) is 0 Å². The second-order valence-electron chi connectivity index (χ2n) is 6.43. The van der Waals surface area contributed by atoms with Crippen LogP contribution in [0.5, 0.6) is 0 Å². The third kappa shape index (κ3) is 3.41. The van der Waals surface area contributed by atoms with E-state index in [0.29, 0.717) is 22.5 Å². The van der Waals surface area contributed by atoms with E-state index in [1.165, 1.54) is 0 Å². The number of carboxylic acids is 1. The molecule has 0 amide bonds.